The van der Waals surface area contributed by atoms with Crippen LogP contribution in [0.25, 0.3) is 0 Å². The molecule has 3 aliphatic rings. The first-order valence-corrected chi connectivity index (χ1v) is 10.8. The van der Waals surface area contributed by atoms with Crippen LogP contribution in [-0.4, -0.2) is 25.3 Å². The largest absolute Gasteiger partial charge is 0.457 e. The molecule has 1 heterocycles. The Labute approximate surface area is 163 Å². The molecule has 1 aromatic rings. The monoisotopic (exact) mass is 371 g/mol. The van der Waals surface area contributed by atoms with Crippen molar-refractivity contribution in [2.75, 3.05) is 13.3 Å². The molecule has 0 unspecified atom stereocenters. The van der Waals surface area contributed by atoms with Gasteiger partial charge in [0.25, 0.3) is 0 Å². The maximum Gasteiger partial charge on any atom is 0.311 e. The van der Waals surface area contributed by atoms with Crippen molar-refractivity contribution < 1.29 is 14.3 Å². The van der Waals surface area contributed by atoms with Crippen LogP contribution in [0.2, 0.25) is 0 Å². The fraction of sp³-hybridized carbons (Fsp3) is 0.696. The zero-order chi connectivity index (χ0) is 18.9. The lowest BCUT2D eigenvalue weighted by Crippen LogP contribution is -2.59. The fourth-order valence-electron chi connectivity index (χ4n) is 5.89. The maximum absolute atomic E-state index is 12.0. The molecule has 3 atom stereocenters. The topological polar surface area (TPSA) is 47.6 Å². The Hall–Kier alpha value is -1.55. The quantitative estimate of drug-likeness (QED) is 0.597. The number of carbonyl (C=O) groups excluding carboxylic acids is 1. The van der Waals surface area contributed by atoms with Crippen LogP contribution in [0.5, 0.6) is 5.75 Å². The molecule has 1 saturated carbocycles. The van der Waals surface area contributed by atoms with Gasteiger partial charge in [0.15, 0.2) is 0 Å². The molecule has 148 valence electrons. The van der Waals surface area contributed by atoms with Gasteiger partial charge < -0.3 is 14.8 Å². The molecule has 1 aliphatic heterocycles. The van der Waals surface area contributed by atoms with E-state index in [-0.39, 0.29) is 18.7 Å². The lowest BCUT2D eigenvalue weighted by molar-refractivity contribution is -0.155. The number of esters is 1. The number of hydrogen-bond acceptors (Lipinski definition) is 4. The average molecular weight is 372 g/mol. The molecular formula is C23H33NO3. The van der Waals surface area contributed by atoms with Crippen LogP contribution in [0.1, 0.15) is 69.9 Å². The maximum atomic E-state index is 12.0. The van der Waals surface area contributed by atoms with Crippen LogP contribution < -0.4 is 10.1 Å². The van der Waals surface area contributed by atoms with E-state index < -0.39 is 0 Å². The summed E-state index contributed by atoms with van der Waals surface area (Å²) in [5.74, 6) is 1.42. The van der Waals surface area contributed by atoms with Crippen molar-refractivity contribution in [3.05, 3.63) is 29.3 Å². The Kier molecular flexibility index (Phi) is 5.45. The highest BCUT2D eigenvalue weighted by Crippen LogP contribution is 2.54. The van der Waals surface area contributed by atoms with Gasteiger partial charge in [0.2, 0.25) is 6.79 Å². The number of rotatable bonds is 6. The number of nitrogens with one attached hydrogen (secondary N) is 1. The van der Waals surface area contributed by atoms with E-state index in [0.29, 0.717) is 11.5 Å². The molecule has 1 aromatic carbocycles. The SMILES string of the molecule is CCC(CC)C(=O)OCOc1ccc2c(c1)[C@]13CCCC[C@@H]1[C@H](C2)NCC3. The molecule has 4 heteroatoms. The van der Waals surface area contributed by atoms with Crippen molar-refractivity contribution in [3.63, 3.8) is 0 Å². The molecule has 1 N–H and O–H groups in total. The van der Waals surface area contributed by atoms with Crippen LogP contribution in [0.4, 0.5) is 0 Å². The summed E-state index contributed by atoms with van der Waals surface area (Å²) in [4.78, 5) is 12.0. The third-order valence-electron chi connectivity index (χ3n) is 7.36. The summed E-state index contributed by atoms with van der Waals surface area (Å²) in [7, 11) is 0. The van der Waals surface area contributed by atoms with Crippen LogP contribution in [0.15, 0.2) is 18.2 Å². The molecule has 0 spiro atoms. The number of fused-ring (bicyclic) bond motifs is 1. The minimum absolute atomic E-state index is 0.00866. The van der Waals surface area contributed by atoms with Gasteiger partial charge in [-0.15, -0.1) is 0 Å². The van der Waals surface area contributed by atoms with E-state index in [0.717, 1.165) is 37.5 Å². The van der Waals surface area contributed by atoms with E-state index in [2.05, 4.69) is 17.4 Å². The van der Waals surface area contributed by atoms with Gasteiger partial charge in [0.05, 0.1) is 5.92 Å². The van der Waals surface area contributed by atoms with Crippen LogP contribution in [-0.2, 0) is 21.4 Å². The average Bonchev–Trinajstić information content (AvgIpc) is 2.69. The van der Waals surface area contributed by atoms with Gasteiger partial charge in [-0.3, -0.25) is 4.79 Å². The molecule has 27 heavy (non-hydrogen) atoms. The van der Waals surface area contributed by atoms with Crippen molar-refractivity contribution >= 4 is 5.97 Å². The van der Waals surface area contributed by atoms with Gasteiger partial charge in [0, 0.05) is 11.5 Å². The molecule has 2 aliphatic carbocycles. The van der Waals surface area contributed by atoms with Crippen LogP contribution >= 0.6 is 0 Å². The molecule has 2 bridgehead atoms. The van der Waals surface area contributed by atoms with Crippen LogP contribution in [0.3, 0.4) is 0 Å². The van der Waals surface area contributed by atoms with Gasteiger partial charge in [-0.1, -0.05) is 32.8 Å². The zero-order valence-corrected chi connectivity index (χ0v) is 16.8. The molecule has 1 saturated heterocycles. The normalized spacial score (nSPS) is 29.0. The van der Waals surface area contributed by atoms with Gasteiger partial charge in [0.1, 0.15) is 5.75 Å². The third-order valence-corrected chi connectivity index (χ3v) is 7.36. The van der Waals surface area contributed by atoms with Crippen molar-refractivity contribution in [2.24, 2.45) is 11.8 Å². The van der Waals surface area contributed by atoms with Crippen molar-refractivity contribution in [3.8, 4) is 5.75 Å². The predicted octanol–water partition coefficient (Wildman–Crippen LogP) is 4.35. The van der Waals surface area contributed by atoms with E-state index in [1.807, 2.05) is 19.9 Å². The van der Waals surface area contributed by atoms with Gasteiger partial charge in [-0.25, -0.2) is 0 Å². The number of piperidine rings is 1. The summed E-state index contributed by atoms with van der Waals surface area (Å²) < 4.78 is 11.2. The smallest absolute Gasteiger partial charge is 0.311 e. The second-order valence-corrected chi connectivity index (χ2v) is 8.58. The molecule has 2 fully saturated rings. The second-order valence-electron chi connectivity index (χ2n) is 8.58. The lowest BCUT2D eigenvalue weighted by atomic mass is 9.53. The number of benzene rings is 1. The van der Waals surface area contributed by atoms with Crippen molar-refractivity contribution in [1.29, 1.82) is 0 Å². The second kappa shape index (κ2) is 7.83. The summed E-state index contributed by atoms with van der Waals surface area (Å²) in [5.41, 5.74) is 3.31. The minimum atomic E-state index is -0.148. The van der Waals surface area contributed by atoms with Crippen molar-refractivity contribution in [2.45, 2.75) is 76.7 Å². The zero-order valence-electron chi connectivity index (χ0n) is 16.8. The van der Waals surface area contributed by atoms with E-state index in [4.69, 9.17) is 9.47 Å². The highest BCUT2D eigenvalue weighted by Gasteiger charge is 2.51. The molecule has 0 amide bonds. The highest BCUT2D eigenvalue weighted by atomic mass is 16.7. The van der Waals surface area contributed by atoms with E-state index in [9.17, 15) is 4.79 Å². The summed E-state index contributed by atoms with van der Waals surface area (Å²) in [6.45, 7) is 5.17. The molecule has 0 aromatic heterocycles. The summed E-state index contributed by atoms with van der Waals surface area (Å²) in [6, 6.07) is 7.17. The molecule has 4 rings (SSSR count). The summed E-state index contributed by atoms with van der Waals surface area (Å²) >= 11 is 0. The Morgan fingerprint density at radius 1 is 1.26 bits per heavy atom. The first-order valence-electron chi connectivity index (χ1n) is 10.8. The third kappa shape index (κ3) is 3.37. The van der Waals surface area contributed by atoms with E-state index >= 15 is 0 Å². The Bertz CT molecular complexity index is 680. The lowest BCUT2D eigenvalue weighted by Gasteiger charge is -2.56. The Morgan fingerprint density at radius 3 is 2.93 bits per heavy atom. The van der Waals surface area contributed by atoms with E-state index in [1.54, 1.807) is 0 Å². The number of ether oxygens (including phenoxy) is 2. The van der Waals surface area contributed by atoms with Crippen LogP contribution in [0, 0.1) is 11.8 Å². The first kappa shape index (κ1) is 18.8. The van der Waals surface area contributed by atoms with Gasteiger partial charge >= 0.3 is 5.97 Å². The molecular weight excluding hydrogens is 338 g/mol. The summed E-state index contributed by atoms with van der Waals surface area (Å²) in [5, 5.41) is 3.78. The number of hydrogen-bond donors (Lipinski definition) is 1. The molecule has 4 nitrogen and oxygen atoms in total. The number of carbonyl (C=O) groups is 1. The van der Waals surface area contributed by atoms with Crippen molar-refractivity contribution in [1.82, 2.24) is 5.32 Å². The first-order chi connectivity index (χ1) is 13.2. The van der Waals surface area contributed by atoms with E-state index in [1.165, 1.54) is 43.2 Å². The Balaban J connectivity index is 1.49. The minimum Gasteiger partial charge on any atom is -0.457 e. The van der Waals surface area contributed by atoms with Gasteiger partial charge in [-0.05, 0) is 74.2 Å². The Morgan fingerprint density at radius 2 is 2.11 bits per heavy atom. The predicted molar refractivity (Wildman–Crippen MR) is 106 cm³/mol. The van der Waals surface area contributed by atoms with Gasteiger partial charge in [-0.2, -0.15) is 0 Å². The summed E-state index contributed by atoms with van der Waals surface area (Å²) in [6.07, 6.45) is 9.33. The highest BCUT2D eigenvalue weighted by molar-refractivity contribution is 5.72. The molecule has 0 radical (unpaired) electrons. The fourth-order valence-corrected chi connectivity index (χ4v) is 5.89. The standard InChI is InChI=1S/C23H33NO3/c1-3-16(4-2)22(25)27-15-26-18-9-8-17-13-21-19-7-5-6-10-23(19,11-12-24-21)20(17)14-18/h8-9,14,16,19,21,24H,3-7,10-13,15H2,1-2H3/t19-,21+,23+/m1/s1.